The number of anilines is 1. The van der Waals surface area contributed by atoms with Crippen LogP contribution in [-0.4, -0.2) is 29.3 Å². The topological polar surface area (TPSA) is 78.5 Å². The van der Waals surface area contributed by atoms with Crippen LogP contribution in [0.5, 0.6) is 0 Å². The summed E-state index contributed by atoms with van der Waals surface area (Å²) < 4.78 is 39.7. The van der Waals surface area contributed by atoms with E-state index in [4.69, 9.17) is 0 Å². The Morgan fingerprint density at radius 1 is 0.889 bits per heavy atom. The zero-order chi connectivity index (χ0) is 25.4. The second-order valence-corrected chi connectivity index (χ2v) is 8.20. The van der Waals surface area contributed by atoms with E-state index in [2.05, 4.69) is 10.6 Å². The Bertz CT molecular complexity index is 1520. The molecule has 1 aliphatic rings. The zero-order valence-corrected chi connectivity index (χ0v) is 18.6. The normalized spacial score (nSPS) is 15.1. The summed E-state index contributed by atoms with van der Waals surface area (Å²) in [5.74, 6) is -1.69. The molecular weight excluding hydrogens is 471 g/mol. The highest BCUT2D eigenvalue weighted by atomic mass is 19.4. The van der Waals surface area contributed by atoms with Gasteiger partial charge in [0, 0.05) is 0 Å². The molecule has 180 valence electrons. The lowest BCUT2D eigenvalue weighted by atomic mass is 9.96. The monoisotopic (exact) mass is 489 g/mol. The average molecular weight is 489 g/mol. The van der Waals surface area contributed by atoms with Crippen molar-refractivity contribution in [2.45, 2.75) is 6.18 Å². The lowest BCUT2D eigenvalue weighted by Crippen LogP contribution is -2.38. The number of amides is 4. The number of rotatable bonds is 4. The van der Waals surface area contributed by atoms with E-state index in [1.807, 2.05) is 54.6 Å². The number of carbonyl (C=O) groups excluding carboxylic acids is 3. The maximum atomic E-state index is 13.2. The molecule has 1 aliphatic heterocycles. The van der Waals surface area contributed by atoms with E-state index in [0.717, 1.165) is 39.2 Å². The van der Waals surface area contributed by atoms with Gasteiger partial charge in [0.1, 0.15) is 12.2 Å². The van der Waals surface area contributed by atoms with Crippen molar-refractivity contribution in [3.8, 4) is 0 Å². The number of para-hydroxylation sites is 1. The largest absolute Gasteiger partial charge is 0.418 e. The second-order valence-electron chi connectivity index (χ2n) is 8.20. The van der Waals surface area contributed by atoms with Crippen LogP contribution in [0.15, 0.2) is 84.6 Å². The van der Waals surface area contributed by atoms with Crippen LogP contribution in [0.4, 0.5) is 23.7 Å². The SMILES string of the molecule is O=C(CN1C(=O)N/C(=C\c2c3ccccc3cc3ccccc23)C1=O)Nc1ccccc1C(F)(F)F. The van der Waals surface area contributed by atoms with E-state index in [0.29, 0.717) is 4.90 Å². The highest BCUT2D eigenvalue weighted by Crippen LogP contribution is 2.35. The number of alkyl halides is 3. The second kappa shape index (κ2) is 8.84. The van der Waals surface area contributed by atoms with Gasteiger partial charge in [0.05, 0.1) is 11.3 Å². The number of nitrogens with zero attached hydrogens (tertiary/aromatic N) is 1. The van der Waals surface area contributed by atoms with Gasteiger partial charge in [-0.15, -0.1) is 0 Å². The van der Waals surface area contributed by atoms with E-state index < -0.39 is 41.8 Å². The summed E-state index contributed by atoms with van der Waals surface area (Å²) in [5, 5.41) is 8.24. The molecule has 2 N–H and O–H groups in total. The average Bonchev–Trinajstić information content (AvgIpc) is 3.11. The van der Waals surface area contributed by atoms with Gasteiger partial charge in [-0.25, -0.2) is 9.69 Å². The molecule has 0 bridgehead atoms. The highest BCUT2D eigenvalue weighted by Gasteiger charge is 2.37. The summed E-state index contributed by atoms with van der Waals surface area (Å²) >= 11 is 0. The fourth-order valence-corrected chi connectivity index (χ4v) is 4.24. The van der Waals surface area contributed by atoms with Gasteiger partial charge in [0.2, 0.25) is 5.91 Å². The lowest BCUT2D eigenvalue weighted by Gasteiger charge is -2.15. The maximum Gasteiger partial charge on any atom is 0.418 e. The smallest absolute Gasteiger partial charge is 0.324 e. The molecule has 5 rings (SSSR count). The predicted octanol–water partition coefficient (Wildman–Crippen LogP) is 5.54. The first-order chi connectivity index (χ1) is 17.2. The number of urea groups is 1. The molecule has 0 spiro atoms. The van der Waals surface area contributed by atoms with Gasteiger partial charge in [-0.05, 0) is 51.4 Å². The molecule has 0 aromatic heterocycles. The molecule has 0 radical (unpaired) electrons. The molecule has 1 fully saturated rings. The number of imide groups is 1. The number of benzene rings is 4. The first kappa shape index (κ1) is 23.1. The number of carbonyl (C=O) groups is 3. The third-order valence-electron chi connectivity index (χ3n) is 5.87. The van der Waals surface area contributed by atoms with Crippen LogP contribution < -0.4 is 10.6 Å². The molecule has 0 aliphatic carbocycles. The first-order valence-electron chi connectivity index (χ1n) is 10.9. The van der Waals surface area contributed by atoms with Crippen molar-refractivity contribution in [1.29, 1.82) is 0 Å². The van der Waals surface area contributed by atoms with Crippen molar-refractivity contribution >= 4 is 51.2 Å². The summed E-state index contributed by atoms with van der Waals surface area (Å²) in [6.45, 7) is -0.746. The third-order valence-corrected chi connectivity index (χ3v) is 5.87. The number of fused-ring (bicyclic) bond motifs is 2. The Labute approximate surface area is 203 Å². The van der Waals surface area contributed by atoms with Crippen LogP contribution in [0.1, 0.15) is 11.1 Å². The van der Waals surface area contributed by atoms with Crippen LogP contribution in [-0.2, 0) is 15.8 Å². The molecule has 1 heterocycles. The van der Waals surface area contributed by atoms with Crippen LogP contribution in [0.25, 0.3) is 27.6 Å². The van der Waals surface area contributed by atoms with Gasteiger partial charge in [-0.3, -0.25) is 9.59 Å². The summed E-state index contributed by atoms with van der Waals surface area (Å²) in [6, 6.07) is 20.9. The predicted molar refractivity (Wildman–Crippen MR) is 130 cm³/mol. The van der Waals surface area contributed by atoms with Gasteiger partial charge in [0.15, 0.2) is 0 Å². The summed E-state index contributed by atoms with van der Waals surface area (Å²) in [7, 11) is 0. The zero-order valence-electron chi connectivity index (χ0n) is 18.6. The summed E-state index contributed by atoms with van der Waals surface area (Å²) in [5.41, 5.74) is -0.804. The Balaban J connectivity index is 1.44. The van der Waals surface area contributed by atoms with E-state index in [-0.39, 0.29) is 5.70 Å². The summed E-state index contributed by atoms with van der Waals surface area (Å²) in [6.07, 6.45) is -3.12. The minimum absolute atomic E-state index is 0.0370. The van der Waals surface area contributed by atoms with Crippen LogP contribution in [0.2, 0.25) is 0 Å². The number of nitrogens with one attached hydrogen (secondary N) is 2. The molecule has 0 unspecified atom stereocenters. The maximum absolute atomic E-state index is 13.2. The van der Waals surface area contributed by atoms with Gasteiger partial charge >= 0.3 is 12.2 Å². The van der Waals surface area contributed by atoms with E-state index in [1.54, 1.807) is 6.08 Å². The van der Waals surface area contributed by atoms with Crippen molar-refractivity contribution in [3.05, 3.63) is 95.7 Å². The summed E-state index contributed by atoms with van der Waals surface area (Å²) in [4.78, 5) is 38.7. The Morgan fingerprint density at radius 2 is 1.47 bits per heavy atom. The Morgan fingerprint density at radius 3 is 2.11 bits per heavy atom. The van der Waals surface area contributed by atoms with Crippen molar-refractivity contribution in [2.75, 3.05) is 11.9 Å². The van der Waals surface area contributed by atoms with E-state index in [9.17, 15) is 27.6 Å². The van der Waals surface area contributed by atoms with E-state index in [1.165, 1.54) is 12.1 Å². The van der Waals surface area contributed by atoms with Crippen LogP contribution >= 0.6 is 0 Å². The van der Waals surface area contributed by atoms with Gasteiger partial charge < -0.3 is 10.6 Å². The van der Waals surface area contributed by atoms with Crippen LogP contribution in [0.3, 0.4) is 0 Å². The molecule has 36 heavy (non-hydrogen) atoms. The number of hydrogen-bond acceptors (Lipinski definition) is 3. The minimum atomic E-state index is -4.68. The molecule has 4 amide bonds. The number of hydrogen-bond donors (Lipinski definition) is 2. The standard InChI is InChI=1S/C27H18F3N3O3/c28-27(29,30)21-11-5-6-12-22(21)31-24(34)15-33-25(35)23(32-26(33)36)14-20-18-9-3-1-7-16(18)13-17-8-2-4-10-19(17)20/h1-14H,15H2,(H,31,34)(H,32,36)/b23-14-. The van der Waals surface area contributed by atoms with Crippen LogP contribution in [0, 0.1) is 0 Å². The molecule has 6 nitrogen and oxygen atoms in total. The van der Waals surface area contributed by atoms with Gasteiger partial charge in [-0.2, -0.15) is 13.2 Å². The molecule has 9 heteroatoms. The minimum Gasteiger partial charge on any atom is -0.324 e. The first-order valence-corrected chi connectivity index (χ1v) is 10.9. The molecular formula is C27H18F3N3O3. The molecule has 1 saturated heterocycles. The Hall–Kier alpha value is -4.66. The van der Waals surface area contributed by atoms with Crippen molar-refractivity contribution in [3.63, 3.8) is 0 Å². The molecule has 4 aromatic rings. The van der Waals surface area contributed by atoms with Crippen molar-refractivity contribution in [2.24, 2.45) is 0 Å². The van der Waals surface area contributed by atoms with Crippen molar-refractivity contribution < 1.29 is 27.6 Å². The molecule has 0 atom stereocenters. The molecule has 0 saturated carbocycles. The van der Waals surface area contributed by atoms with Gasteiger partial charge in [-0.1, -0.05) is 60.7 Å². The lowest BCUT2D eigenvalue weighted by molar-refractivity contribution is -0.137. The fourth-order valence-electron chi connectivity index (χ4n) is 4.24. The highest BCUT2D eigenvalue weighted by molar-refractivity contribution is 6.18. The molecule has 4 aromatic carbocycles. The Kier molecular flexibility index (Phi) is 5.68. The van der Waals surface area contributed by atoms with Gasteiger partial charge in [0.25, 0.3) is 5.91 Å². The van der Waals surface area contributed by atoms with E-state index >= 15 is 0 Å². The van der Waals surface area contributed by atoms with Crippen molar-refractivity contribution in [1.82, 2.24) is 10.2 Å². The number of halogens is 3. The fraction of sp³-hybridized carbons (Fsp3) is 0.0741. The third kappa shape index (κ3) is 4.26. The quantitative estimate of drug-likeness (QED) is 0.224.